The van der Waals surface area contributed by atoms with Gasteiger partial charge in [0.15, 0.2) is 0 Å². The summed E-state index contributed by atoms with van der Waals surface area (Å²) in [5.74, 6) is -1.28. The van der Waals surface area contributed by atoms with Crippen LogP contribution in [0.3, 0.4) is 0 Å². The second kappa shape index (κ2) is 13.7. The van der Waals surface area contributed by atoms with Gasteiger partial charge in [-0.15, -0.1) is 0 Å². The Morgan fingerprint density at radius 1 is 1.11 bits per heavy atom. The van der Waals surface area contributed by atoms with E-state index < -0.39 is 11.9 Å². The summed E-state index contributed by atoms with van der Waals surface area (Å²) in [7, 11) is 1.28. The molecule has 0 saturated carbocycles. The van der Waals surface area contributed by atoms with Gasteiger partial charge >= 0.3 is 6.09 Å². The molecule has 2 atom stereocenters. The van der Waals surface area contributed by atoms with Gasteiger partial charge in [-0.25, -0.2) is 9.18 Å². The maximum Gasteiger partial charge on any atom is 0.411 e. The Labute approximate surface area is 275 Å². The predicted molar refractivity (Wildman–Crippen MR) is 176 cm³/mol. The third kappa shape index (κ3) is 6.73. The summed E-state index contributed by atoms with van der Waals surface area (Å²) < 4.78 is 20.2. The molecular formula is C34H33ClFN7O4. The first-order chi connectivity index (χ1) is 22.7. The van der Waals surface area contributed by atoms with E-state index in [1.807, 2.05) is 25.1 Å². The average Bonchev–Trinajstić information content (AvgIpc) is 3.61. The van der Waals surface area contributed by atoms with E-state index in [0.717, 1.165) is 24.0 Å². The number of nitrogens with one attached hydrogen (secondary N) is 3. The van der Waals surface area contributed by atoms with Crippen molar-refractivity contribution in [1.29, 1.82) is 0 Å². The molecule has 0 radical (unpaired) electrons. The number of nitrogens with zero attached hydrogens (tertiary/aromatic N) is 4. The van der Waals surface area contributed by atoms with Gasteiger partial charge < -0.3 is 15.0 Å². The Morgan fingerprint density at radius 3 is 2.68 bits per heavy atom. The van der Waals surface area contributed by atoms with Gasteiger partial charge in [0.25, 0.3) is 0 Å². The quantitative estimate of drug-likeness (QED) is 0.214. The monoisotopic (exact) mass is 657 g/mol. The Morgan fingerprint density at radius 2 is 1.91 bits per heavy atom. The van der Waals surface area contributed by atoms with E-state index in [1.54, 1.807) is 29.3 Å². The number of amides is 3. The van der Waals surface area contributed by atoms with Gasteiger partial charge in [0.05, 0.1) is 35.8 Å². The molecule has 2 aromatic heterocycles. The van der Waals surface area contributed by atoms with Crippen LogP contribution >= 0.6 is 11.6 Å². The van der Waals surface area contributed by atoms with Crippen molar-refractivity contribution in [2.75, 3.05) is 24.3 Å². The van der Waals surface area contributed by atoms with Gasteiger partial charge in [-0.05, 0) is 60.7 Å². The number of carbonyl (C=O) groups excluding carboxylic acids is 3. The zero-order valence-electron chi connectivity index (χ0n) is 25.8. The number of fused-ring (bicyclic) bond motifs is 4. The molecule has 0 aliphatic carbocycles. The van der Waals surface area contributed by atoms with Crippen LogP contribution < -0.4 is 10.6 Å². The van der Waals surface area contributed by atoms with E-state index in [2.05, 4.69) is 26.0 Å². The third-order valence-corrected chi connectivity index (χ3v) is 8.93. The van der Waals surface area contributed by atoms with Gasteiger partial charge in [-0.1, -0.05) is 43.5 Å². The van der Waals surface area contributed by atoms with Gasteiger partial charge in [0.2, 0.25) is 11.8 Å². The molecule has 47 heavy (non-hydrogen) atoms. The summed E-state index contributed by atoms with van der Waals surface area (Å²) in [5.41, 5.74) is 4.89. The molecule has 11 nitrogen and oxygen atoms in total. The Bertz CT molecular complexity index is 1860. The fraction of sp³-hybridized carbons (Fsp3) is 0.294. The molecule has 2 aliphatic rings. The number of aromatic nitrogens is 4. The summed E-state index contributed by atoms with van der Waals surface area (Å²) in [6.45, 7) is 2.22. The molecule has 4 aromatic rings. The Kier molecular flexibility index (Phi) is 9.30. The highest BCUT2D eigenvalue weighted by Gasteiger charge is 2.31. The molecule has 2 aliphatic heterocycles. The lowest BCUT2D eigenvalue weighted by Crippen LogP contribution is -2.37. The smallest absolute Gasteiger partial charge is 0.411 e. The topological polar surface area (TPSA) is 142 Å². The minimum absolute atomic E-state index is 0.0463. The Balaban J connectivity index is 1.36. The zero-order valence-corrected chi connectivity index (χ0v) is 26.6. The predicted octanol–water partition coefficient (Wildman–Crippen LogP) is 7.01. The van der Waals surface area contributed by atoms with Gasteiger partial charge in [-0.3, -0.25) is 19.9 Å². The maximum absolute atomic E-state index is 15.5. The number of hydrogen-bond donors (Lipinski definition) is 3. The van der Waals surface area contributed by atoms with E-state index in [0.29, 0.717) is 59.7 Å². The number of hydrogen-bond acceptors (Lipinski definition) is 7. The fourth-order valence-electron chi connectivity index (χ4n) is 6.15. The zero-order chi connectivity index (χ0) is 33.1. The Hall–Kier alpha value is -5.10. The molecule has 4 heterocycles. The minimum Gasteiger partial charge on any atom is -0.453 e. The van der Waals surface area contributed by atoms with Crippen molar-refractivity contribution in [3.8, 4) is 22.4 Å². The van der Waals surface area contributed by atoms with Crippen molar-refractivity contribution in [1.82, 2.24) is 25.3 Å². The lowest BCUT2D eigenvalue weighted by molar-refractivity contribution is -0.129. The fourth-order valence-corrected chi connectivity index (χ4v) is 6.31. The largest absolute Gasteiger partial charge is 0.453 e. The average molecular weight is 658 g/mol. The molecule has 3 amide bonds. The van der Waals surface area contributed by atoms with E-state index in [9.17, 15) is 14.4 Å². The highest BCUT2D eigenvalue weighted by atomic mass is 35.5. The number of benzene rings is 2. The number of ether oxygens (including phenoxy) is 1. The van der Waals surface area contributed by atoms with Crippen LogP contribution in [-0.4, -0.2) is 56.9 Å². The number of H-pyrrole nitrogens is 1. The van der Waals surface area contributed by atoms with Crippen LogP contribution in [0, 0.1) is 11.7 Å². The van der Waals surface area contributed by atoms with Crippen molar-refractivity contribution in [3.05, 3.63) is 83.0 Å². The van der Waals surface area contributed by atoms with E-state index in [1.165, 1.54) is 25.4 Å². The first kappa shape index (κ1) is 31.9. The van der Waals surface area contributed by atoms with Crippen LogP contribution in [0.15, 0.2) is 60.9 Å². The molecule has 0 fully saturated rings. The third-order valence-electron chi connectivity index (χ3n) is 8.64. The molecule has 2 bridgehead atoms. The molecule has 6 rings (SSSR count). The molecule has 242 valence electrons. The maximum atomic E-state index is 15.5. The summed E-state index contributed by atoms with van der Waals surface area (Å²) in [4.78, 5) is 45.4. The van der Waals surface area contributed by atoms with Crippen LogP contribution in [0.1, 0.15) is 56.3 Å². The van der Waals surface area contributed by atoms with E-state index in [4.69, 9.17) is 21.3 Å². The summed E-state index contributed by atoms with van der Waals surface area (Å²) >= 11 is 6.18. The minimum atomic E-state index is -0.626. The number of rotatable bonds is 4. The second-order valence-corrected chi connectivity index (χ2v) is 12.0. The number of halogens is 2. The summed E-state index contributed by atoms with van der Waals surface area (Å²) in [6, 6.07) is 11.8. The molecule has 13 heteroatoms. The first-order valence-corrected chi connectivity index (χ1v) is 15.7. The van der Waals surface area contributed by atoms with Crippen molar-refractivity contribution in [2.24, 2.45) is 5.92 Å². The molecule has 0 saturated heterocycles. The molecule has 0 unspecified atom stereocenters. The second-order valence-electron chi connectivity index (χ2n) is 11.6. The van der Waals surface area contributed by atoms with Crippen molar-refractivity contribution in [3.63, 3.8) is 0 Å². The first-order valence-electron chi connectivity index (χ1n) is 15.4. The number of methoxy groups -OCH3 is 1. The van der Waals surface area contributed by atoms with E-state index >= 15 is 4.39 Å². The highest BCUT2D eigenvalue weighted by molar-refractivity contribution is 6.31. The van der Waals surface area contributed by atoms with Crippen molar-refractivity contribution >= 4 is 46.5 Å². The normalized spacial score (nSPS) is 18.6. The van der Waals surface area contributed by atoms with Crippen LogP contribution in [-0.2, 0) is 14.3 Å². The lowest BCUT2D eigenvalue weighted by Gasteiger charge is -2.34. The van der Waals surface area contributed by atoms with Crippen molar-refractivity contribution in [2.45, 2.75) is 45.1 Å². The van der Waals surface area contributed by atoms with Gasteiger partial charge in [0, 0.05) is 47.1 Å². The molecule has 2 aromatic carbocycles. The number of pyridine rings is 1. The number of carbonyl (C=O) groups is 3. The van der Waals surface area contributed by atoms with Crippen LogP contribution in [0.5, 0.6) is 0 Å². The van der Waals surface area contributed by atoms with Crippen molar-refractivity contribution < 1.29 is 23.5 Å². The summed E-state index contributed by atoms with van der Waals surface area (Å²) in [6.07, 6.45) is 7.22. The van der Waals surface area contributed by atoms with Crippen LogP contribution in [0.4, 0.5) is 20.6 Å². The molecule has 3 N–H and O–H groups in total. The van der Waals surface area contributed by atoms with Crippen LogP contribution in [0.25, 0.3) is 28.0 Å². The van der Waals surface area contributed by atoms with E-state index in [-0.39, 0.29) is 34.4 Å². The van der Waals surface area contributed by atoms with Gasteiger partial charge in [0.1, 0.15) is 11.5 Å². The SMILES string of the molecule is COC(=O)Nc1ccc2c(c1)NC(=O)[C@H](C)CCCC[C@H](N1CCC(c3c(-c4cn[nH]n4)ccc(Cl)c3F)=CC1=O)c1cc-2ccn1. The van der Waals surface area contributed by atoms with Gasteiger partial charge in [-0.2, -0.15) is 15.4 Å². The molecule has 0 spiro atoms. The number of anilines is 2. The standard InChI is InChI=1S/C34H33ClFN7O4/c1-19-5-3-4-6-29(27-15-20(11-13-37-27)23-8-7-22(39-34(46)47-2)17-26(23)40-33(19)45)43-14-12-21(16-30(43)44)31-24(28-18-38-42-41-28)9-10-25(35)32(31)36/h7-11,13,15-19,29H,3-6,12,14H2,1-2H3,(H,39,46)(H,40,45)(H,38,41,42)/t19-,29+/m1/s1. The molecular weight excluding hydrogens is 625 g/mol. The summed E-state index contributed by atoms with van der Waals surface area (Å²) in [5, 5.41) is 16.2. The lowest BCUT2D eigenvalue weighted by atomic mass is 9.91. The highest BCUT2D eigenvalue weighted by Crippen LogP contribution is 2.39. The number of aromatic amines is 1. The van der Waals surface area contributed by atoms with Crippen LogP contribution in [0.2, 0.25) is 5.02 Å².